The minimum absolute atomic E-state index is 0.0121. The Balaban J connectivity index is 2.58. The first-order chi connectivity index (χ1) is 10.3. The maximum Gasteiger partial charge on any atom is 0.175 e. The molecule has 0 amide bonds. The molecule has 0 bridgehead atoms. The quantitative estimate of drug-likeness (QED) is 0.870. The van der Waals surface area contributed by atoms with Crippen molar-refractivity contribution < 1.29 is 17.9 Å². The minimum Gasteiger partial charge on any atom is -0.493 e. The lowest BCUT2D eigenvalue weighted by molar-refractivity contribution is 0.306. The van der Waals surface area contributed by atoms with Gasteiger partial charge in [0.15, 0.2) is 21.3 Å². The molecule has 1 saturated heterocycles. The molecule has 2 N–H and O–H groups in total. The summed E-state index contributed by atoms with van der Waals surface area (Å²) < 4.78 is 35.0. The van der Waals surface area contributed by atoms with Crippen LogP contribution >= 0.6 is 0 Å². The van der Waals surface area contributed by atoms with E-state index in [1.165, 1.54) is 13.4 Å². The van der Waals surface area contributed by atoms with E-state index in [9.17, 15) is 8.42 Å². The molecular weight excluding hydrogens is 304 g/mol. The van der Waals surface area contributed by atoms with Crippen LogP contribution in [0.4, 0.5) is 0 Å². The molecule has 0 aromatic heterocycles. The third-order valence-electron chi connectivity index (χ3n) is 4.24. The molecule has 0 aliphatic carbocycles. The summed E-state index contributed by atoms with van der Waals surface area (Å²) in [6, 6.07) is 3.33. The van der Waals surface area contributed by atoms with Gasteiger partial charge in [-0.2, -0.15) is 0 Å². The number of hydrogen-bond acceptors (Lipinski definition) is 6. The van der Waals surface area contributed by atoms with Crippen molar-refractivity contribution in [3.8, 4) is 11.5 Å². The molecule has 124 valence electrons. The highest BCUT2D eigenvalue weighted by Gasteiger charge is 2.33. The molecule has 22 heavy (non-hydrogen) atoms. The van der Waals surface area contributed by atoms with Crippen LogP contribution in [0.1, 0.15) is 18.0 Å². The van der Waals surface area contributed by atoms with Crippen LogP contribution in [-0.2, 0) is 9.84 Å². The number of likely N-dealkylation sites (tertiary alicyclic amines) is 1. The van der Waals surface area contributed by atoms with Gasteiger partial charge in [0.1, 0.15) is 0 Å². The fourth-order valence-electron chi connectivity index (χ4n) is 3.10. The standard InChI is InChI=1S/C15H24N2O4S/c1-17-9-10(8-16)5-12(17)11-6-13(20-2)14(21-3)7-15(11)22(4,18)19/h6-7,10,12H,5,8-9,16H2,1-4H3. The fourth-order valence-corrected chi connectivity index (χ4v) is 4.04. The number of benzene rings is 1. The lowest BCUT2D eigenvalue weighted by atomic mass is 9.99. The van der Waals surface area contributed by atoms with Crippen LogP contribution in [0.15, 0.2) is 17.0 Å². The SMILES string of the molecule is COc1cc(C2CC(CN)CN2C)c(S(C)(=O)=O)cc1OC. The number of hydrogen-bond donors (Lipinski definition) is 1. The van der Waals surface area contributed by atoms with Crippen molar-refractivity contribution in [2.75, 3.05) is 40.6 Å². The van der Waals surface area contributed by atoms with Crippen molar-refractivity contribution in [1.29, 1.82) is 0 Å². The normalized spacial score (nSPS) is 22.8. The second-order valence-electron chi connectivity index (χ2n) is 5.81. The molecule has 0 saturated carbocycles. The Labute approximate surface area is 132 Å². The first kappa shape index (κ1) is 17.1. The van der Waals surface area contributed by atoms with Crippen LogP contribution in [-0.4, -0.2) is 53.9 Å². The average molecular weight is 328 g/mol. The van der Waals surface area contributed by atoms with Gasteiger partial charge in [-0.3, -0.25) is 4.90 Å². The molecule has 2 atom stereocenters. The Morgan fingerprint density at radius 1 is 1.27 bits per heavy atom. The topological polar surface area (TPSA) is 81.9 Å². The Morgan fingerprint density at radius 3 is 2.32 bits per heavy atom. The Bertz CT molecular complexity index is 645. The lowest BCUT2D eigenvalue weighted by Gasteiger charge is -2.23. The number of nitrogens with zero attached hydrogens (tertiary/aromatic N) is 1. The second-order valence-corrected chi connectivity index (χ2v) is 7.79. The summed E-state index contributed by atoms with van der Waals surface area (Å²) in [5.74, 6) is 1.33. The Hall–Kier alpha value is -1.31. The maximum absolute atomic E-state index is 12.2. The van der Waals surface area contributed by atoms with Gasteiger partial charge in [0.25, 0.3) is 0 Å². The number of methoxy groups -OCH3 is 2. The first-order valence-electron chi connectivity index (χ1n) is 7.18. The zero-order valence-corrected chi connectivity index (χ0v) is 14.3. The smallest absolute Gasteiger partial charge is 0.175 e. The van der Waals surface area contributed by atoms with E-state index in [0.717, 1.165) is 18.5 Å². The van der Waals surface area contributed by atoms with Crippen molar-refractivity contribution in [2.45, 2.75) is 17.4 Å². The highest BCUT2D eigenvalue weighted by molar-refractivity contribution is 7.90. The van der Waals surface area contributed by atoms with E-state index in [-0.39, 0.29) is 6.04 Å². The lowest BCUT2D eigenvalue weighted by Crippen LogP contribution is -2.21. The van der Waals surface area contributed by atoms with Gasteiger partial charge in [-0.15, -0.1) is 0 Å². The molecule has 2 unspecified atom stereocenters. The molecule has 1 aromatic carbocycles. The molecule has 7 heteroatoms. The summed E-state index contributed by atoms with van der Waals surface area (Å²) in [6.45, 7) is 1.46. The van der Waals surface area contributed by atoms with Crippen LogP contribution in [0.2, 0.25) is 0 Å². The van der Waals surface area contributed by atoms with Gasteiger partial charge in [0.05, 0.1) is 19.1 Å². The van der Waals surface area contributed by atoms with E-state index < -0.39 is 9.84 Å². The molecule has 1 aliphatic rings. The molecule has 6 nitrogen and oxygen atoms in total. The summed E-state index contributed by atoms with van der Waals surface area (Å²) in [7, 11) is 1.66. The number of sulfone groups is 1. The number of nitrogens with two attached hydrogens (primary N) is 1. The zero-order chi connectivity index (χ0) is 16.5. The van der Waals surface area contributed by atoms with E-state index in [0.29, 0.717) is 28.9 Å². The third-order valence-corrected chi connectivity index (χ3v) is 5.40. The highest BCUT2D eigenvalue weighted by atomic mass is 32.2. The summed E-state index contributed by atoms with van der Waals surface area (Å²) in [6.07, 6.45) is 2.05. The Kier molecular flexibility index (Phi) is 4.99. The second kappa shape index (κ2) is 6.44. The average Bonchev–Trinajstić information content (AvgIpc) is 2.85. The monoisotopic (exact) mass is 328 g/mol. The minimum atomic E-state index is -3.37. The van der Waals surface area contributed by atoms with E-state index in [1.54, 1.807) is 19.2 Å². The number of rotatable bonds is 5. The molecule has 1 fully saturated rings. The van der Waals surface area contributed by atoms with Crippen molar-refractivity contribution in [3.05, 3.63) is 17.7 Å². The van der Waals surface area contributed by atoms with Crippen LogP contribution < -0.4 is 15.2 Å². The fraction of sp³-hybridized carbons (Fsp3) is 0.600. The predicted molar refractivity (Wildman–Crippen MR) is 85.2 cm³/mol. The van der Waals surface area contributed by atoms with Crippen LogP contribution in [0.25, 0.3) is 0 Å². The molecule has 0 radical (unpaired) electrons. The maximum atomic E-state index is 12.2. The van der Waals surface area contributed by atoms with Crippen molar-refractivity contribution in [2.24, 2.45) is 11.7 Å². The highest BCUT2D eigenvalue weighted by Crippen LogP contribution is 2.41. The van der Waals surface area contributed by atoms with E-state index >= 15 is 0 Å². The van der Waals surface area contributed by atoms with Gasteiger partial charge in [-0.1, -0.05) is 0 Å². The van der Waals surface area contributed by atoms with Crippen LogP contribution in [0.3, 0.4) is 0 Å². The van der Waals surface area contributed by atoms with Crippen LogP contribution in [0, 0.1) is 5.92 Å². The molecule has 1 aliphatic heterocycles. The summed E-state index contributed by atoms with van der Waals surface area (Å²) >= 11 is 0. The molecule has 1 heterocycles. The van der Waals surface area contributed by atoms with Crippen molar-refractivity contribution in [3.63, 3.8) is 0 Å². The van der Waals surface area contributed by atoms with E-state index in [2.05, 4.69) is 4.90 Å². The van der Waals surface area contributed by atoms with Crippen LogP contribution in [0.5, 0.6) is 11.5 Å². The van der Waals surface area contributed by atoms with E-state index in [4.69, 9.17) is 15.2 Å². The van der Waals surface area contributed by atoms with Gasteiger partial charge < -0.3 is 15.2 Å². The van der Waals surface area contributed by atoms with Gasteiger partial charge >= 0.3 is 0 Å². The molecule has 2 rings (SSSR count). The summed E-state index contributed by atoms with van der Waals surface area (Å²) in [5, 5.41) is 0. The van der Waals surface area contributed by atoms with Gasteiger partial charge in [0, 0.05) is 24.9 Å². The predicted octanol–water partition coefficient (Wildman–Crippen LogP) is 1.06. The van der Waals surface area contributed by atoms with Crippen molar-refractivity contribution >= 4 is 9.84 Å². The van der Waals surface area contributed by atoms with Crippen molar-refractivity contribution in [1.82, 2.24) is 4.90 Å². The van der Waals surface area contributed by atoms with Gasteiger partial charge in [-0.05, 0) is 37.6 Å². The third kappa shape index (κ3) is 3.21. The van der Waals surface area contributed by atoms with Gasteiger partial charge in [0.2, 0.25) is 0 Å². The Morgan fingerprint density at radius 2 is 1.86 bits per heavy atom. The molecule has 0 spiro atoms. The number of ether oxygens (including phenoxy) is 2. The summed E-state index contributed by atoms with van der Waals surface area (Å²) in [5.41, 5.74) is 6.52. The van der Waals surface area contributed by atoms with E-state index in [1.807, 2.05) is 7.05 Å². The first-order valence-corrected chi connectivity index (χ1v) is 9.07. The molecule has 1 aromatic rings. The zero-order valence-electron chi connectivity index (χ0n) is 13.5. The summed E-state index contributed by atoms with van der Waals surface area (Å²) in [4.78, 5) is 2.44. The largest absolute Gasteiger partial charge is 0.493 e. The molecular formula is C15H24N2O4S. The van der Waals surface area contributed by atoms with Gasteiger partial charge in [-0.25, -0.2) is 8.42 Å².